The van der Waals surface area contributed by atoms with Crippen molar-refractivity contribution in [2.45, 2.75) is 6.42 Å². The third-order valence-corrected chi connectivity index (χ3v) is 5.81. The highest BCUT2D eigenvalue weighted by atomic mass is 19.1. The molecule has 0 fully saturated rings. The van der Waals surface area contributed by atoms with Gasteiger partial charge in [0, 0.05) is 28.4 Å². The average molecular weight is 448 g/mol. The lowest BCUT2D eigenvalue weighted by Gasteiger charge is -2.18. The molecule has 7 nitrogen and oxygen atoms in total. The summed E-state index contributed by atoms with van der Waals surface area (Å²) in [5, 5.41) is 1.42. The van der Waals surface area contributed by atoms with E-state index in [0.29, 0.717) is 46.1 Å². The molecule has 0 aliphatic heterocycles. The van der Waals surface area contributed by atoms with Crippen LogP contribution in [0, 0.1) is 5.82 Å². The molecule has 0 saturated heterocycles. The highest BCUT2D eigenvalue weighted by molar-refractivity contribution is 6.18. The van der Waals surface area contributed by atoms with Gasteiger partial charge in [-0.2, -0.15) is 0 Å². The van der Waals surface area contributed by atoms with Gasteiger partial charge in [-0.1, -0.05) is 6.07 Å². The SMILES string of the molecule is COc1ccc(-c2cc3c([nH]c4ccc(C(N)=O)cc43)c(C(N)=O)c2CCN(C)C)cc1F. The summed E-state index contributed by atoms with van der Waals surface area (Å²) in [7, 11) is 5.27. The van der Waals surface area contributed by atoms with E-state index in [1.165, 1.54) is 13.2 Å². The van der Waals surface area contributed by atoms with Crippen molar-refractivity contribution in [2.24, 2.45) is 11.5 Å². The van der Waals surface area contributed by atoms with E-state index in [0.717, 1.165) is 16.5 Å². The Bertz CT molecular complexity index is 1410. The van der Waals surface area contributed by atoms with Crippen molar-refractivity contribution in [3.8, 4) is 16.9 Å². The van der Waals surface area contributed by atoms with Crippen LogP contribution in [0.2, 0.25) is 0 Å². The highest BCUT2D eigenvalue weighted by Crippen LogP contribution is 2.38. The van der Waals surface area contributed by atoms with Gasteiger partial charge in [-0.05, 0) is 73.6 Å². The zero-order valence-corrected chi connectivity index (χ0v) is 18.7. The molecule has 0 unspecified atom stereocenters. The number of methoxy groups -OCH3 is 1. The van der Waals surface area contributed by atoms with Crippen molar-refractivity contribution in [2.75, 3.05) is 27.7 Å². The maximum atomic E-state index is 14.6. The van der Waals surface area contributed by atoms with Crippen LogP contribution in [0.4, 0.5) is 4.39 Å². The van der Waals surface area contributed by atoms with E-state index in [1.807, 2.05) is 25.1 Å². The topological polar surface area (TPSA) is 114 Å². The Morgan fingerprint density at radius 3 is 2.39 bits per heavy atom. The van der Waals surface area contributed by atoms with Gasteiger partial charge >= 0.3 is 0 Å². The summed E-state index contributed by atoms with van der Waals surface area (Å²) < 4.78 is 19.7. The predicted octanol–water partition coefficient (Wildman–Crippen LogP) is 3.44. The number of fused-ring (bicyclic) bond motifs is 3. The number of benzene rings is 3. The lowest BCUT2D eigenvalue weighted by atomic mass is 9.90. The van der Waals surface area contributed by atoms with E-state index < -0.39 is 17.6 Å². The Kier molecular flexibility index (Phi) is 5.78. The molecule has 0 spiro atoms. The number of rotatable bonds is 7. The van der Waals surface area contributed by atoms with Crippen LogP contribution in [-0.4, -0.2) is 49.4 Å². The largest absolute Gasteiger partial charge is 0.494 e. The number of hydrogen-bond donors (Lipinski definition) is 3. The summed E-state index contributed by atoms with van der Waals surface area (Å²) in [4.78, 5) is 29.7. The molecule has 3 aromatic carbocycles. The molecule has 0 bridgehead atoms. The molecule has 0 saturated carbocycles. The Hall–Kier alpha value is -3.91. The molecule has 4 rings (SSSR count). The number of hydrogen-bond acceptors (Lipinski definition) is 4. The van der Waals surface area contributed by atoms with Crippen LogP contribution >= 0.6 is 0 Å². The molecule has 1 aromatic heterocycles. The maximum Gasteiger partial charge on any atom is 0.251 e. The molecule has 170 valence electrons. The van der Waals surface area contributed by atoms with Crippen LogP contribution in [-0.2, 0) is 6.42 Å². The molecule has 33 heavy (non-hydrogen) atoms. The van der Waals surface area contributed by atoms with Crippen LogP contribution in [0.15, 0.2) is 42.5 Å². The van der Waals surface area contributed by atoms with Crippen molar-refractivity contribution in [1.29, 1.82) is 0 Å². The second-order valence-electron chi connectivity index (χ2n) is 8.22. The number of H-pyrrole nitrogens is 1. The number of aromatic amines is 1. The zero-order valence-electron chi connectivity index (χ0n) is 18.7. The van der Waals surface area contributed by atoms with Gasteiger partial charge in [0.15, 0.2) is 11.6 Å². The summed E-state index contributed by atoms with van der Waals surface area (Å²) in [5.74, 6) is -1.53. The smallest absolute Gasteiger partial charge is 0.251 e. The van der Waals surface area contributed by atoms with Crippen LogP contribution < -0.4 is 16.2 Å². The number of nitrogens with two attached hydrogens (primary N) is 2. The fraction of sp³-hybridized carbons (Fsp3) is 0.200. The number of halogens is 1. The number of ether oxygens (including phenoxy) is 1. The first kappa shape index (κ1) is 22.3. The summed E-state index contributed by atoms with van der Waals surface area (Å²) >= 11 is 0. The molecule has 1 heterocycles. The highest BCUT2D eigenvalue weighted by Gasteiger charge is 2.22. The average Bonchev–Trinajstić information content (AvgIpc) is 3.13. The number of nitrogens with zero attached hydrogens (tertiary/aromatic N) is 1. The monoisotopic (exact) mass is 448 g/mol. The van der Waals surface area contributed by atoms with Gasteiger partial charge in [-0.15, -0.1) is 0 Å². The van der Waals surface area contributed by atoms with E-state index in [2.05, 4.69) is 4.98 Å². The number of likely N-dealkylation sites (N-methyl/N-ethyl adjacent to an activating group) is 1. The van der Waals surface area contributed by atoms with Gasteiger partial charge in [0.05, 0.1) is 18.2 Å². The number of carbonyl (C=O) groups is 2. The molecule has 0 aliphatic rings. The summed E-state index contributed by atoms with van der Waals surface area (Å²) in [6, 6.07) is 11.6. The molecule has 2 amide bonds. The molecular weight excluding hydrogens is 423 g/mol. The lowest BCUT2D eigenvalue weighted by Crippen LogP contribution is -2.20. The molecular formula is C25H25FN4O3. The Balaban J connectivity index is 2.10. The van der Waals surface area contributed by atoms with Gasteiger partial charge < -0.3 is 26.1 Å². The summed E-state index contributed by atoms with van der Waals surface area (Å²) in [5.41, 5.74) is 15.3. The van der Waals surface area contributed by atoms with E-state index in [-0.39, 0.29) is 5.75 Å². The number of carbonyl (C=O) groups excluding carboxylic acids is 2. The third kappa shape index (κ3) is 4.01. The summed E-state index contributed by atoms with van der Waals surface area (Å²) in [6.07, 6.45) is 0.520. The minimum absolute atomic E-state index is 0.128. The molecule has 0 atom stereocenters. The molecule has 8 heteroatoms. The first-order chi connectivity index (χ1) is 15.7. The minimum atomic E-state index is -0.591. The van der Waals surface area contributed by atoms with E-state index in [4.69, 9.17) is 16.2 Å². The fourth-order valence-corrected chi connectivity index (χ4v) is 4.19. The van der Waals surface area contributed by atoms with E-state index in [9.17, 15) is 14.0 Å². The number of primary amides is 2. The quantitative estimate of drug-likeness (QED) is 0.402. The number of amides is 2. The normalized spacial score (nSPS) is 11.4. The van der Waals surface area contributed by atoms with Crippen LogP contribution in [0.1, 0.15) is 26.3 Å². The Labute approximate surface area is 190 Å². The van der Waals surface area contributed by atoms with Crippen molar-refractivity contribution < 1.29 is 18.7 Å². The van der Waals surface area contributed by atoms with Crippen LogP contribution in [0.25, 0.3) is 32.9 Å². The van der Waals surface area contributed by atoms with Gasteiger partial charge in [0.1, 0.15) is 0 Å². The van der Waals surface area contributed by atoms with Crippen LogP contribution in [0.5, 0.6) is 5.75 Å². The van der Waals surface area contributed by atoms with Crippen molar-refractivity contribution >= 4 is 33.6 Å². The second kappa shape index (κ2) is 8.55. The number of nitrogens with one attached hydrogen (secondary N) is 1. The molecule has 5 N–H and O–H groups in total. The predicted molar refractivity (Wildman–Crippen MR) is 127 cm³/mol. The number of aromatic nitrogens is 1. The standard InChI is InChI=1S/C25H25FN4O3/c1-30(2)9-8-15-16(13-5-7-21(33-3)19(26)11-13)12-18-17-10-14(24(27)31)4-6-20(17)29-23(18)22(15)25(28)32/h4-7,10-12,29H,8-9H2,1-3H3,(H2,27,31)(H2,28,32). The van der Waals surface area contributed by atoms with Gasteiger partial charge in [0.25, 0.3) is 5.91 Å². The van der Waals surface area contributed by atoms with Crippen molar-refractivity contribution in [3.63, 3.8) is 0 Å². The summed E-state index contributed by atoms with van der Waals surface area (Å²) in [6.45, 7) is 0.656. The van der Waals surface area contributed by atoms with Crippen molar-refractivity contribution in [1.82, 2.24) is 9.88 Å². The molecule has 0 radical (unpaired) electrons. The van der Waals surface area contributed by atoms with E-state index in [1.54, 1.807) is 30.3 Å². The second-order valence-corrected chi connectivity index (χ2v) is 8.22. The Morgan fingerprint density at radius 1 is 1.03 bits per heavy atom. The fourth-order valence-electron chi connectivity index (χ4n) is 4.19. The van der Waals surface area contributed by atoms with Gasteiger partial charge in [-0.25, -0.2) is 4.39 Å². The van der Waals surface area contributed by atoms with Gasteiger partial charge in [0.2, 0.25) is 5.91 Å². The maximum absolute atomic E-state index is 14.6. The van der Waals surface area contributed by atoms with Crippen LogP contribution in [0.3, 0.4) is 0 Å². The molecule has 0 aliphatic carbocycles. The Morgan fingerprint density at radius 2 is 1.79 bits per heavy atom. The minimum Gasteiger partial charge on any atom is -0.494 e. The van der Waals surface area contributed by atoms with Gasteiger partial charge in [-0.3, -0.25) is 9.59 Å². The first-order valence-corrected chi connectivity index (χ1v) is 10.4. The first-order valence-electron chi connectivity index (χ1n) is 10.4. The lowest BCUT2D eigenvalue weighted by molar-refractivity contribution is 0.0992. The van der Waals surface area contributed by atoms with Crippen molar-refractivity contribution in [3.05, 3.63) is 65.0 Å². The molecule has 4 aromatic rings. The zero-order chi connectivity index (χ0) is 23.9. The van der Waals surface area contributed by atoms with E-state index >= 15 is 0 Å². The third-order valence-electron chi connectivity index (χ3n) is 5.81.